The van der Waals surface area contributed by atoms with Crippen LogP contribution in [0.1, 0.15) is 36.0 Å². The molecule has 1 heterocycles. The Labute approximate surface area is 131 Å². The summed E-state index contributed by atoms with van der Waals surface area (Å²) in [5.74, 6) is -0.00782. The van der Waals surface area contributed by atoms with Crippen molar-refractivity contribution in [3.63, 3.8) is 0 Å². The Hall–Kier alpha value is -1.94. The van der Waals surface area contributed by atoms with Gasteiger partial charge in [-0.1, -0.05) is 18.2 Å². The highest BCUT2D eigenvalue weighted by atomic mass is 16.1. The normalized spacial score (nSPS) is 22.0. The van der Waals surface area contributed by atoms with E-state index in [9.17, 15) is 4.79 Å². The van der Waals surface area contributed by atoms with E-state index in [-0.39, 0.29) is 11.9 Å². The molecule has 4 heteroatoms. The van der Waals surface area contributed by atoms with Crippen LogP contribution in [0.15, 0.2) is 36.5 Å². The number of para-hydroxylation sites is 1. The fourth-order valence-electron chi connectivity index (χ4n) is 3.20. The molecule has 1 aromatic carbocycles. The number of pyridine rings is 1. The summed E-state index contributed by atoms with van der Waals surface area (Å²) in [6.45, 7) is 0. The third-order valence-corrected chi connectivity index (χ3v) is 4.61. The van der Waals surface area contributed by atoms with Crippen LogP contribution in [0, 0.1) is 0 Å². The average molecular weight is 297 g/mol. The van der Waals surface area contributed by atoms with Crippen LogP contribution in [0.2, 0.25) is 0 Å². The van der Waals surface area contributed by atoms with E-state index in [4.69, 9.17) is 0 Å². The lowest BCUT2D eigenvalue weighted by molar-refractivity contribution is 0.0916. The fourth-order valence-corrected chi connectivity index (χ4v) is 3.20. The van der Waals surface area contributed by atoms with E-state index in [1.54, 1.807) is 6.20 Å². The van der Waals surface area contributed by atoms with Crippen molar-refractivity contribution in [3.05, 3.63) is 42.1 Å². The van der Waals surface area contributed by atoms with Gasteiger partial charge in [0.15, 0.2) is 0 Å². The first-order chi connectivity index (χ1) is 10.6. The molecule has 1 saturated carbocycles. The van der Waals surface area contributed by atoms with Crippen molar-refractivity contribution in [1.82, 2.24) is 15.2 Å². The molecule has 1 aromatic heterocycles. The Bertz CT molecular complexity index is 660. The van der Waals surface area contributed by atoms with Gasteiger partial charge in [0, 0.05) is 23.7 Å². The highest BCUT2D eigenvalue weighted by Crippen LogP contribution is 2.22. The second-order valence-electron chi connectivity index (χ2n) is 6.36. The summed E-state index contributed by atoms with van der Waals surface area (Å²) in [7, 11) is 4.26. The molecule has 0 aliphatic heterocycles. The molecule has 1 fully saturated rings. The van der Waals surface area contributed by atoms with Crippen molar-refractivity contribution < 1.29 is 4.79 Å². The first-order valence-electron chi connectivity index (χ1n) is 7.95. The SMILES string of the molecule is CN(C)C1CCC(NC(=O)c2cnc3ccccc3c2)CC1. The van der Waals surface area contributed by atoms with Crippen molar-refractivity contribution in [3.8, 4) is 0 Å². The van der Waals surface area contributed by atoms with Crippen molar-refractivity contribution in [1.29, 1.82) is 0 Å². The molecule has 4 nitrogen and oxygen atoms in total. The smallest absolute Gasteiger partial charge is 0.253 e. The molecule has 2 aromatic rings. The number of hydrogen-bond acceptors (Lipinski definition) is 3. The molecule has 0 saturated heterocycles. The predicted octanol–water partition coefficient (Wildman–Crippen LogP) is 2.84. The Morgan fingerprint density at radius 2 is 1.91 bits per heavy atom. The van der Waals surface area contributed by atoms with Gasteiger partial charge in [-0.2, -0.15) is 0 Å². The van der Waals surface area contributed by atoms with Crippen molar-refractivity contribution in [2.75, 3.05) is 14.1 Å². The van der Waals surface area contributed by atoms with Gasteiger partial charge in [0.25, 0.3) is 5.91 Å². The number of amides is 1. The zero-order valence-corrected chi connectivity index (χ0v) is 13.2. The van der Waals surface area contributed by atoms with Crippen molar-refractivity contribution >= 4 is 16.8 Å². The number of nitrogens with zero attached hydrogens (tertiary/aromatic N) is 2. The molecule has 0 bridgehead atoms. The minimum Gasteiger partial charge on any atom is -0.349 e. The quantitative estimate of drug-likeness (QED) is 0.947. The lowest BCUT2D eigenvalue weighted by Crippen LogP contribution is -2.41. The maximum Gasteiger partial charge on any atom is 0.253 e. The largest absolute Gasteiger partial charge is 0.349 e. The molecule has 1 aliphatic rings. The second kappa shape index (κ2) is 6.44. The third-order valence-electron chi connectivity index (χ3n) is 4.61. The standard InChI is InChI=1S/C18H23N3O/c1-21(2)16-9-7-15(8-10-16)20-18(22)14-11-13-5-3-4-6-17(13)19-12-14/h3-6,11-12,15-16H,7-10H2,1-2H3,(H,20,22). The van der Waals surface area contributed by atoms with Crippen LogP contribution < -0.4 is 5.32 Å². The summed E-state index contributed by atoms with van der Waals surface area (Å²) in [6.07, 6.45) is 6.07. The number of fused-ring (bicyclic) bond motifs is 1. The zero-order valence-electron chi connectivity index (χ0n) is 13.2. The number of nitrogens with one attached hydrogen (secondary N) is 1. The molecular weight excluding hydrogens is 274 g/mol. The Morgan fingerprint density at radius 1 is 1.18 bits per heavy atom. The Balaban J connectivity index is 1.64. The summed E-state index contributed by atoms with van der Waals surface area (Å²) in [5, 5.41) is 4.17. The van der Waals surface area contributed by atoms with E-state index in [0.29, 0.717) is 11.6 Å². The molecule has 1 aliphatic carbocycles. The third kappa shape index (κ3) is 3.28. The van der Waals surface area contributed by atoms with Crippen molar-refractivity contribution in [2.45, 2.75) is 37.8 Å². The first kappa shape index (κ1) is 15.0. The van der Waals surface area contributed by atoms with Crippen molar-refractivity contribution in [2.24, 2.45) is 0 Å². The number of hydrogen-bond donors (Lipinski definition) is 1. The van der Waals surface area contributed by atoms with Crippen LogP contribution in [0.25, 0.3) is 10.9 Å². The molecular formula is C18H23N3O. The number of carbonyl (C=O) groups excluding carboxylic acids is 1. The maximum absolute atomic E-state index is 12.4. The monoisotopic (exact) mass is 297 g/mol. The van der Waals surface area contributed by atoms with Crippen LogP contribution in [0.3, 0.4) is 0 Å². The van der Waals surface area contributed by atoms with Crippen LogP contribution in [-0.2, 0) is 0 Å². The Morgan fingerprint density at radius 3 is 2.64 bits per heavy atom. The molecule has 1 N–H and O–H groups in total. The van der Waals surface area contributed by atoms with Gasteiger partial charge in [0.2, 0.25) is 0 Å². The first-order valence-corrected chi connectivity index (χ1v) is 7.95. The molecule has 22 heavy (non-hydrogen) atoms. The van der Waals surface area contributed by atoms with E-state index in [1.165, 1.54) is 0 Å². The van der Waals surface area contributed by atoms with Crippen LogP contribution in [-0.4, -0.2) is 42.0 Å². The van der Waals surface area contributed by atoms with E-state index < -0.39 is 0 Å². The summed E-state index contributed by atoms with van der Waals surface area (Å²) < 4.78 is 0. The maximum atomic E-state index is 12.4. The van der Waals surface area contributed by atoms with Gasteiger partial charge < -0.3 is 10.2 Å². The second-order valence-corrected chi connectivity index (χ2v) is 6.36. The highest BCUT2D eigenvalue weighted by molar-refractivity contribution is 5.97. The number of benzene rings is 1. The lowest BCUT2D eigenvalue weighted by atomic mass is 9.90. The van der Waals surface area contributed by atoms with E-state index in [2.05, 4.69) is 29.3 Å². The number of rotatable bonds is 3. The number of carbonyl (C=O) groups is 1. The van der Waals surface area contributed by atoms with Gasteiger partial charge in [-0.25, -0.2) is 0 Å². The minimum absolute atomic E-state index is 0.00782. The van der Waals surface area contributed by atoms with Crippen LogP contribution >= 0.6 is 0 Å². The topological polar surface area (TPSA) is 45.2 Å². The fraction of sp³-hybridized carbons (Fsp3) is 0.444. The molecule has 0 unspecified atom stereocenters. The predicted molar refractivity (Wildman–Crippen MR) is 88.9 cm³/mol. The van der Waals surface area contributed by atoms with E-state index >= 15 is 0 Å². The van der Waals surface area contributed by atoms with E-state index in [1.807, 2.05) is 30.3 Å². The van der Waals surface area contributed by atoms with Crippen LogP contribution in [0.4, 0.5) is 0 Å². The van der Waals surface area contributed by atoms with E-state index in [0.717, 1.165) is 36.6 Å². The Kier molecular flexibility index (Phi) is 4.39. The molecule has 116 valence electrons. The lowest BCUT2D eigenvalue weighted by Gasteiger charge is -2.32. The summed E-state index contributed by atoms with van der Waals surface area (Å²) in [5.41, 5.74) is 1.57. The average Bonchev–Trinajstić information content (AvgIpc) is 2.55. The highest BCUT2D eigenvalue weighted by Gasteiger charge is 2.23. The van der Waals surface area contributed by atoms with Gasteiger partial charge in [-0.3, -0.25) is 9.78 Å². The minimum atomic E-state index is -0.00782. The van der Waals surface area contributed by atoms with Gasteiger partial charge in [0.1, 0.15) is 0 Å². The summed E-state index contributed by atoms with van der Waals surface area (Å²) in [4.78, 5) is 19.1. The molecule has 1 amide bonds. The molecule has 3 rings (SSSR count). The molecule has 0 radical (unpaired) electrons. The van der Waals surface area contributed by atoms with Gasteiger partial charge in [-0.15, -0.1) is 0 Å². The van der Waals surface area contributed by atoms with Gasteiger partial charge in [-0.05, 0) is 51.9 Å². The molecule has 0 spiro atoms. The summed E-state index contributed by atoms with van der Waals surface area (Å²) >= 11 is 0. The van der Waals surface area contributed by atoms with Crippen LogP contribution in [0.5, 0.6) is 0 Å². The zero-order chi connectivity index (χ0) is 15.5. The van der Waals surface area contributed by atoms with Gasteiger partial charge in [0.05, 0.1) is 11.1 Å². The van der Waals surface area contributed by atoms with Gasteiger partial charge >= 0.3 is 0 Å². The summed E-state index contributed by atoms with van der Waals surface area (Å²) in [6, 6.07) is 10.7. The molecule has 0 atom stereocenters. The number of aromatic nitrogens is 1.